The Labute approximate surface area is 90.0 Å². The van der Waals surface area contributed by atoms with Gasteiger partial charge in [-0.25, -0.2) is 4.79 Å². The second kappa shape index (κ2) is 3.22. The molecular formula is C13H16O2. The third-order valence-electron chi connectivity index (χ3n) is 4.38. The number of esters is 1. The van der Waals surface area contributed by atoms with Crippen molar-refractivity contribution in [2.24, 2.45) is 23.7 Å². The molecule has 3 aliphatic carbocycles. The molecular weight excluding hydrogens is 188 g/mol. The Morgan fingerprint density at radius 1 is 1.40 bits per heavy atom. The van der Waals surface area contributed by atoms with E-state index in [0.29, 0.717) is 5.92 Å². The van der Waals surface area contributed by atoms with Crippen LogP contribution < -0.4 is 0 Å². The van der Waals surface area contributed by atoms with Gasteiger partial charge in [-0.1, -0.05) is 18.7 Å². The van der Waals surface area contributed by atoms with Gasteiger partial charge in [0.1, 0.15) is 6.10 Å². The number of carbonyl (C=O) groups excluding carboxylic acids is 1. The molecule has 0 aromatic heterocycles. The summed E-state index contributed by atoms with van der Waals surface area (Å²) in [5, 5.41) is 0. The van der Waals surface area contributed by atoms with Crippen LogP contribution in [0.15, 0.2) is 24.8 Å². The molecule has 0 spiro atoms. The van der Waals surface area contributed by atoms with Crippen LogP contribution in [-0.2, 0) is 9.53 Å². The van der Waals surface area contributed by atoms with Crippen molar-refractivity contribution in [2.45, 2.75) is 25.4 Å². The van der Waals surface area contributed by atoms with Gasteiger partial charge in [0, 0.05) is 6.08 Å². The minimum Gasteiger partial charge on any atom is -0.459 e. The highest BCUT2D eigenvalue weighted by Crippen LogP contribution is 2.57. The smallest absolute Gasteiger partial charge is 0.330 e. The molecule has 5 atom stereocenters. The zero-order valence-corrected chi connectivity index (χ0v) is 8.76. The second-order valence-electron chi connectivity index (χ2n) is 4.98. The molecule has 0 aromatic carbocycles. The first-order valence-electron chi connectivity index (χ1n) is 5.79. The molecule has 15 heavy (non-hydrogen) atoms. The normalized spacial score (nSPS) is 45.5. The Hall–Kier alpha value is -1.05. The van der Waals surface area contributed by atoms with E-state index in [1.165, 1.54) is 18.9 Å². The Morgan fingerprint density at radius 3 is 3.07 bits per heavy atom. The molecule has 3 rings (SSSR count). The van der Waals surface area contributed by atoms with Crippen LogP contribution in [0.25, 0.3) is 0 Å². The van der Waals surface area contributed by atoms with Crippen molar-refractivity contribution in [3.63, 3.8) is 0 Å². The number of rotatable bonds is 2. The maximum atomic E-state index is 11.2. The van der Waals surface area contributed by atoms with Crippen molar-refractivity contribution in [1.29, 1.82) is 0 Å². The summed E-state index contributed by atoms with van der Waals surface area (Å²) >= 11 is 0. The maximum absolute atomic E-state index is 11.2. The van der Waals surface area contributed by atoms with Gasteiger partial charge in [0.25, 0.3) is 0 Å². The zero-order valence-electron chi connectivity index (χ0n) is 8.76. The lowest BCUT2D eigenvalue weighted by Gasteiger charge is -2.30. The first-order chi connectivity index (χ1) is 7.29. The van der Waals surface area contributed by atoms with E-state index in [-0.39, 0.29) is 12.1 Å². The first-order valence-corrected chi connectivity index (χ1v) is 5.79. The lowest BCUT2D eigenvalue weighted by molar-refractivity contribution is -0.146. The summed E-state index contributed by atoms with van der Waals surface area (Å²) in [6.45, 7) is 3.44. The number of hydrogen-bond donors (Lipinski definition) is 0. The third-order valence-corrected chi connectivity index (χ3v) is 4.38. The van der Waals surface area contributed by atoms with Gasteiger partial charge in [-0.15, -0.1) is 0 Å². The largest absolute Gasteiger partial charge is 0.459 e. The van der Waals surface area contributed by atoms with Gasteiger partial charge in [0.15, 0.2) is 0 Å². The molecule has 2 bridgehead atoms. The van der Waals surface area contributed by atoms with Gasteiger partial charge in [-0.2, -0.15) is 0 Å². The summed E-state index contributed by atoms with van der Waals surface area (Å²) in [7, 11) is 0. The fraction of sp³-hybridized carbons (Fsp3) is 0.615. The average molecular weight is 204 g/mol. The quantitative estimate of drug-likeness (QED) is 0.392. The molecule has 3 aliphatic rings. The summed E-state index contributed by atoms with van der Waals surface area (Å²) in [5.41, 5.74) is 0. The van der Waals surface area contributed by atoms with Crippen LogP contribution in [-0.4, -0.2) is 12.1 Å². The van der Waals surface area contributed by atoms with E-state index >= 15 is 0 Å². The molecule has 2 saturated carbocycles. The molecule has 0 aromatic rings. The first kappa shape index (κ1) is 9.20. The van der Waals surface area contributed by atoms with Crippen LogP contribution in [0.3, 0.4) is 0 Å². The van der Waals surface area contributed by atoms with Crippen LogP contribution >= 0.6 is 0 Å². The fourth-order valence-corrected chi connectivity index (χ4v) is 3.83. The van der Waals surface area contributed by atoms with Crippen molar-refractivity contribution in [3.8, 4) is 0 Å². The van der Waals surface area contributed by atoms with Crippen molar-refractivity contribution >= 4 is 5.97 Å². The molecule has 0 aliphatic heterocycles. The molecule has 0 amide bonds. The van der Waals surface area contributed by atoms with E-state index in [2.05, 4.69) is 18.7 Å². The molecule has 0 N–H and O–H groups in total. The number of ether oxygens (including phenoxy) is 1. The maximum Gasteiger partial charge on any atom is 0.330 e. The Morgan fingerprint density at radius 2 is 2.27 bits per heavy atom. The lowest BCUT2D eigenvalue weighted by Crippen LogP contribution is -2.31. The average Bonchev–Trinajstić information content (AvgIpc) is 2.87. The highest BCUT2D eigenvalue weighted by molar-refractivity contribution is 5.81. The van der Waals surface area contributed by atoms with Crippen LogP contribution in [0.1, 0.15) is 19.3 Å². The molecule has 3 unspecified atom stereocenters. The van der Waals surface area contributed by atoms with Gasteiger partial charge >= 0.3 is 5.97 Å². The summed E-state index contributed by atoms with van der Waals surface area (Å²) in [6, 6.07) is 0. The van der Waals surface area contributed by atoms with Gasteiger partial charge < -0.3 is 4.74 Å². The SMILES string of the molecule is C=CC(=O)OC1C[C@H]2C[C@@H]1C1CC=CC12. The molecule has 2 fully saturated rings. The summed E-state index contributed by atoms with van der Waals surface area (Å²) < 4.78 is 5.42. The Balaban J connectivity index is 1.71. The van der Waals surface area contributed by atoms with Crippen LogP contribution in [0.4, 0.5) is 0 Å². The molecule has 2 nitrogen and oxygen atoms in total. The molecule has 0 radical (unpaired) electrons. The predicted octanol–water partition coefficient (Wildman–Crippen LogP) is 2.32. The van der Waals surface area contributed by atoms with E-state index in [1.54, 1.807) is 0 Å². The summed E-state index contributed by atoms with van der Waals surface area (Å²) in [4.78, 5) is 11.2. The standard InChI is InChI=1S/C13H16O2/c1-2-13(14)15-12-7-8-6-11(12)10-5-3-4-9(8)10/h2-4,8-12H,1,5-7H2/t8-,9?,10?,11-,12?/m1/s1. The van der Waals surface area contributed by atoms with Crippen molar-refractivity contribution < 1.29 is 9.53 Å². The number of allylic oxidation sites excluding steroid dienone is 2. The van der Waals surface area contributed by atoms with E-state index in [9.17, 15) is 4.79 Å². The van der Waals surface area contributed by atoms with Crippen molar-refractivity contribution in [1.82, 2.24) is 0 Å². The number of hydrogen-bond acceptors (Lipinski definition) is 2. The summed E-state index contributed by atoms with van der Waals surface area (Å²) in [6.07, 6.45) is 9.63. The molecule has 0 saturated heterocycles. The van der Waals surface area contributed by atoms with E-state index in [4.69, 9.17) is 4.74 Å². The highest BCUT2D eigenvalue weighted by Gasteiger charge is 2.53. The van der Waals surface area contributed by atoms with E-state index in [1.807, 2.05) is 0 Å². The van der Waals surface area contributed by atoms with Crippen LogP contribution in [0.5, 0.6) is 0 Å². The fourth-order valence-electron chi connectivity index (χ4n) is 3.83. The zero-order chi connectivity index (χ0) is 10.4. The predicted molar refractivity (Wildman–Crippen MR) is 57.0 cm³/mol. The van der Waals surface area contributed by atoms with Crippen molar-refractivity contribution in [2.75, 3.05) is 0 Å². The van der Waals surface area contributed by atoms with Gasteiger partial charge in [-0.3, -0.25) is 0 Å². The minimum absolute atomic E-state index is 0.168. The van der Waals surface area contributed by atoms with Crippen LogP contribution in [0, 0.1) is 23.7 Å². The van der Waals surface area contributed by atoms with Gasteiger partial charge in [0.2, 0.25) is 0 Å². The Bertz CT molecular complexity index is 331. The van der Waals surface area contributed by atoms with Gasteiger partial charge in [-0.05, 0) is 42.9 Å². The second-order valence-corrected chi connectivity index (χ2v) is 4.98. The molecule has 80 valence electrons. The van der Waals surface area contributed by atoms with E-state index in [0.717, 1.165) is 24.2 Å². The highest BCUT2D eigenvalue weighted by atomic mass is 16.5. The third kappa shape index (κ3) is 1.27. The molecule has 2 heteroatoms. The van der Waals surface area contributed by atoms with Crippen LogP contribution in [0.2, 0.25) is 0 Å². The molecule has 0 heterocycles. The minimum atomic E-state index is -0.255. The van der Waals surface area contributed by atoms with E-state index < -0.39 is 0 Å². The Kier molecular flexibility index (Phi) is 1.98. The summed E-state index contributed by atoms with van der Waals surface area (Å²) in [5.74, 6) is 2.66. The lowest BCUT2D eigenvalue weighted by atomic mass is 9.80. The van der Waals surface area contributed by atoms with Gasteiger partial charge in [0.05, 0.1) is 0 Å². The topological polar surface area (TPSA) is 26.3 Å². The number of fused-ring (bicyclic) bond motifs is 5. The monoisotopic (exact) mass is 204 g/mol. The number of carbonyl (C=O) groups is 1. The van der Waals surface area contributed by atoms with Crippen molar-refractivity contribution in [3.05, 3.63) is 24.8 Å².